The summed E-state index contributed by atoms with van der Waals surface area (Å²) in [4.78, 5) is 15.4. The molecule has 2 N–H and O–H groups in total. The Hall–Kier alpha value is -2.33. The van der Waals surface area contributed by atoms with Crippen molar-refractivity contribution in [3.05, 3.63) is 59.2 Å². The van der Waals surface area contributed by atoms with Gasteiger partial charge in [0.2, 0.25) is 0 Å². The highest BCUT2D eigenvalue weighted by Crippen LogP contribution is 2.30. The van der Waals surface area contributed by atoms with Crippen LogP contribution in [0.4, 0.5) is 11.4 Å². The van der Waals surface area contributed by atoms with Crippen LogP contribution in [0.25, 0.3) is 0 Å². The summed E-state index contributed by atoms with van der Waals surface area (Å²) in [6.45, 7) is 8.16. The van der Waals surface area contributed by atoms with Crippen LogP contribution in [0.5, 0.6) is 0 Å². The Morgan fingerprint density at radius 2 is 1.63 bits per heavy atom. The Bertz CT molecular complexity index is 818. The van der Waals surface area contributed by atoms with Gasteiger partial charge in [-0.3, -0.25) is 4.79 Å². The van der Waals surface area contributed by atoms with Crippen LogP contribution >= 0.6 is 0 Å². The molecule has 4 nitrogen and oxygen atoms in total. The SMILES string of the molecule is Cc1cccc(Nc2ccccc2C(=O)N2CC[C@@H]3CNC[C@@H]3CC2)c1C. The fraction of sp³-hybridized carbons (Fsp3) is 0.435. The van der Waals surface area contributed by atoms with E-state index in [4.69, 9.17) is 0 Å². The molecule has 2 aliphatic heterocycles. The van der Waals surface area contributed by atoms with Gasteiger partial charge in [0, 0.05) is 18.8 Å². The number of para-hydroxylation sites is 1. The minimum Gasteiger partial charge on any atom is -0.355 e. The maximum Gasteiger partial charge on any atom is 0.255 e. The van der Waals surface area contributed by atoms with Gasteiger partial charge >= 0.3 is 0 Å². The van der Waals surface area contributed by atoms with Crippen molar-refractivity contribution in [3.63, 3.8) is 0 Å². The predicted molar refractivity (Wildman–Crippen MR) is 111 cm³/mol. The minimum atomic E-state index is 0.149. The lowest BCUT2D eigenvalue weighted by Crippen LogP contribution is -2.33. The second-order valence-corrected chi connectivity index (χ2v) is 7.97. The van der Waals surface area contributed by atoms with Crippen LogP contribution < -0.4 is 10.6 Å². The van der Waals surface area contributed by atoms with E-state index in [0.29, 0.717) is 0 Å². The zero-order valence-electron chi connectivity index (χ0n) is 16.3. The van der Waals surface area contributed by atoms with E-state index in [1.807, 2.05) is 24.3 Å². The molecular formula is C23H29N3O. The van der Waals surface area contributed by atoms with Crippen molar-refractivity contribution in [2.45, 2.75) is 26.7 Å². The lowest BCUT2D eigenvalue weighted by Gasteiger charge is -2.23. The number of likely N-dealkylation sites (tertiary alicyclic amines) is 1. The Morgan fingerprint density at radius 3 is 2.37 bits per heavy atom. The van der Waals surface area contributed by atoms with Crippen molar-refractivity contribution in [3.8, 4) is 0 Å². The van der Waals surface area contributed by atoms with Crippen molar-refractivity contribution in [2.75, 3.05) is 31.5 Å². The smallest absolute Gasteiger partial charge is 0.255 e. The number of carbonyl (C=O) groups is 1. The number of rotatable bonds is 3. The van der Waals surface area contributed by atoms with Crippen LogP contribution in [-0.4, -0.2) is 37.0 Å². The molecule has 0 radical (unpaired) electrons. The highest BCUT2D eigenvalue weighted by Gasteiger charge is 2.32. The van der Waals surface area contributed by atoms with Gasteiger partial charge in [0.05, 0.1) is 11.3 Å². The zero-order chi connectivity index (χ0) is 18.8. The third-order valence-electron chi connectivity index (χ3n) is 6.34. The largest absolute Gasteiger partial charge is 0.355 e. The highest BCUT2D eigenvalue weighted by molar-refractivity contribution is 6.00. The number of benzene rings is 2. The van der Waals surface area contributed by atoms with E-state index in [1.54, 1.807) is 0 Å². The average molecular weight is 364 g/mol. The van der Waals surface area contributed by atoms with Gasteiger partial charge in [0.15, 0.2) is 0 Å². The molecule has 2 saturated heterocycles. The number of aryl methyl sites for hydroxylation is 1. The Morgan fingerprint density at radius 1 is 0.963 bits per heavy atom. The lowest BCUT2D eigenvalue weighted by molar-refractivity contribution is 0.0759. The molecule has 4 rings (SSSR count). The quantitative estimate of drug-likeness (QED) is 0.862. The molecule has 0 unspecified atom stereocenters. The predicted octanol–water partition coefficient (Wildman–Crippen LogP) is 4.12. The summed E-state index contributed by atoms with van der Waals surface area (Å²) in [6, 6.07) is 14.1. The van der Waals surface area contributed by atoms with Gasteiger partial charge in [0.1, 0.15) is 0 Å². The molecule has 0 saturated carbocycles. The summed E-state index contributed by atoms with van der Waals surface area (Å²) in [6.07, 6.45) is 2.21. The lowest BCUT2D eigenvalue weighted by atomic mass is 9.92. The maximum absolute atomic E-state index is 13.3. The minimum absolute atomic E-state index is 0.149. The van der Waals surface area contributed by atoms with Crippen molar-refractivity contribution in [1.82, 2.24) is 10.2 Å². The van der Waals surface area contributed by atoms with Crippen molar-refractivity contribution < 1.29 is 4.79 Å². The Kier molecular flexibility index (Phi) is 5.17. The molecular weight excluding hydrogens is 334 g/mol. The van der Waals surface area contributed by atoms with Crippen LogP contribution in [0.3, 0.4) is 0 Å². The van der Waals surface area contributed by atoms with Gasteiger partial charge in [-0.1, -0.05) is 24.3 Å². The summed E-state index contributed by atoms with van der Waals surface area (Å²) in [5, 5.41) is 7.00. The number of amides is 1. The van der Waals surface area contributed by atoms with Gasteiger partial charge in [-0.15, -0.1) is 0 Å². The highest BCUT2D eigenvalue weighted by atomic mass is 16.2. The molecule has 142 valence electrons. The second-order valence-electron chi connectivity index (χ2n) is 7.97. The monoisotopic (exact) mass is 363 g/mol. The van der Waals surface area contributed by atoms with E-state index < -0.39 is 0 Å². The molecule has 0 aromatic heterocycles. The standard InChI is InChI=1S/C23H29N3O/c1-16-6-5-9-21(17(16)2)25-22-8-4-3-7-20(22)23(27)26-12-10-18-14-24-15-19(18)11-13-26/h3-9,18-19,24-25H,10-15H2,1-2H3/t18-,19+. The summed E-state index contributed by atoms with van der Waals surface area (Å²) in [5.41, 5.74) is 5.18. The molecule has 4 heteroatoms. The van der Waals surface area contributed by atoms with E-state index in [1.165, 1.54) is 11.1 Å². The molecule has 0 spiro atoms. The molecule has 2 heterocycles. The number of nitrogens with one attached hydrogen (secondary N) is 2. The number of hydrogen-bond acceptors (Lipinski definition) is 3. The van der Waals surface area contributed by atoms with Crippen molar-refractivity contribution in [1.29, 1.82) is 0 Å². The molecule has 2 aliphatic rings. The molecule has 0 bridgehead atoms. The summed E-state index contributed by atoms with van der Waals surface area (Å²) in [7, 11) is 0. The number of carbonyl (C=O) groups excluding carboxylic acids is 1. The van der Waals surface area contributed by atoms with Gasteiger partial charge in [-0.05, 0) is 80.9 Å². The first kappa shape index (κ1) is 18.1. The molecule has 27 heavy (non-hydrogen) atoms. The first-order valence-electron chi connectivity index (χ1n) is 10.1. The Balaban J connectivity index is 1.55. The zero-order valence-corrected chi connectivity index (χ0v) is 16.3. The van der Waals surface area contributed by atoms with E-state index in [2.05, 4.69) is 47.6 Å². The van der Waals surface area contributed by atoms with Crippen LogP contribution in [0.2, 0.25) is 0 Å². The molecule has 2 fully saturated rings. The summed E-state index contributed by atoms with van der Waals surface area (Å²) >= 11 is 0. The summed E-state index contributed by atoms with van der Waals surface area (Å²) < 4.78 is 0. The first-order valence-corrected chi connectivity index (χ1v) is 10.1. The number of nitrogens with zero attached hydrogens (tertiary/aromatic N) is 1. The van der Waals surface area contributed by atoms with Gasteiger partial charge in [-0.2, -0.15) is 0 Å². The van der Waals surface area contributed by atoms with Crippen LogP contribution in [0.1, 0.15) is 34.3 Å². The van der Waals surface area contributed by atoms with Crippen LogP contribution in [0, 0.1) is 25.7 Å². The average Bonchev–Trinajstić information content (AvgIpc) is 3.04. The first-order chi connectivity index (χ1) is 13.1. The fourth-order valence-corrected chi connectivity index (χ4v) is 4.40. The maximum atomic E-state index is 13.3. The van der Waals surface area contributed by atoms with Gasteiger partial charge < -0.3 is 15.5 Å². The normalized spacial score (nSPS) is 22.2. The Labute approximate surface area is 162 Å². The van der Waals surface area contributed by atoms with E-state index >= 15 is 0 Å². The van der Waals surface area contributed by atoms with E-state index in [-0.39, 0.29) is 5.91 Å². The molecule has 2 atom stereocenters. The molecule has 2 aromatic rings. The van der Waals surface area contributed by atoms with Gasteiger partial charge in [0.25, 0.3) is 5.91 Å². The second kappa shape index (κ2) is 7.73. The van der Waals surface area contributed by atoms with Crippen LogP contribution in [-0.2, 0) is 0 Å². The van der Waals surface area contributed by atoms with Crippen LogP contribution in [0.15, 0.2) is 42.5 Å². The third kappa shape index (κ3) is 3.72. The van der Waals surface area contributed by atoms with E-state index in [0.717, 1.165) is 67.8 Å². The fourth-order valence-electron chi connectivity index (χ4n) is 4.40. The molecule has 2 aromatic carbocycles. The summed E-state index contributed by atoms with van der Waals surface area (Å²) in [5.74, 6) is 1.61. The molecule has 1 amide bonds. The van der Waals surface area contributed by atoms with E-state index in [9.17, 15) is 4.79 Å². The van der Waals surface area contributed by atoms with Crippen molar-refractivity contribution >= 4 is 17.3 Å². The topological polar surface area (TPSA) is 44.4 Å². The molecule has 0 aliphatic carbocycles. The third-order valence-corrected chi connectivity index (χ3v) is 6.34. The van der Waals surface area contributed by atoms with Gasteiger partial charge in [-0.25, -0.2) is 0 Å². The number of hydrogen-bond donors (Lipinski definition) is 2. The number of fused-ring (bicyclic) bond motifs is 1. The van der Waals surface area contributed by atoms with Crippen molar-refractivity contribution in [2.24, 2.45) is 11.8 Å². The number of anilines is 2.